The van der Waals surface area contributed by atoms with E-state index in [0.717, 1.165) is 0 Å². The Morgan fingerprint density at radius 2 is 2.21 bits per heavy atom. The molecule has 0 bridgehead atoms. The van der Waals surface area contributed by atoms with Crippen LogP contribution in [0.1, 0.15) is 11.4 Å². The first-order valence-corrected chi connectivity index (χ1v) is 5.52. The first-order chi connectivity index (χ1) is 9.28. The predicted molar refractivity (Wildman–Crippen MR) is 64.9 cm³/mol. The molecule has 2 N–H and O–H groups in total. The SMILES string of the molecule is N#Cc1ccc(OCC(=O)NCc2ncn[nH]2)cc1. The van der Waals surface area contributed by atoms with Gasteiger partial charge in [0, 0.05) is 0 Å². The number of carbonyl (C=O) groups is 1. The van der Waals surface area contributed by atoms with Crippen molar-refractivity contribution in [3.8, 4) is 11.8 Å². The van der Waals surface area contributed by atoms with Gasteiger partial charge in [-0.25, -0.2) is 4.98 Å². The molecule has 2 rings (SSSR count). The van der Waals surface area contributed by atoms with Crippen LogP contribution < -0.4 is 10.1 Å². The lowest BCUT2D eigenvalue weighted by molar-refractivity contribution is -0.123. The number of nitrogens with zero attached hydrogens (tertiary/aromatic N) is 3. The van der Waals surface area contributed by atoms with Crippen LogP contribution in [0, 0.1) is 11.3 Å². The van der Waals surface area contributed by atoms with Gasteiger partial charge in [-0.1, -0.05) is 0 Å². The number of benzene rings is 1. The van der Waals surface area contributed by atoms with Crippen LogP contribution in [0.15, 0.2) is 30.6 Å². The van der Waals surface area contributed by atoms with E-state index in [4.69, 9.17) is 10.00 Å². The summed E-state index contributed by atoms with van der Waals surface area (Å²) in [7, 11) is 0. The van der Waals surface area contributed by atoms with E-state index < -0.39 is 0 Å². The molecule has 0 aliphatic rings. The third-order valence-electron chi connectivity index (χ3n) is 2.27. The van der Waals surface area contributed by atoms with Gasteiger partial charge in [0.15, 0.2) is 6.61 Å². The van der Waals surface area contributed by atoms with Crippen molar-refractivity contribution in [1.82, 2.24) is 20.5 Å². The van der Waals surface area contributed by atoms with Crippen molar-refractivity contribution in [2.24, 2.45) is 0 Å². The largest absolute Gasteiger partial charge is 0.484 e. The van der Waals surface area contributed by atoms with Gasteiger partial charge in [0.05, 0.1) is 18.2 Å². The Bertz CT molecular complexity index is 571. The Morgan fingerprint density at radius 3 is 2.84 bits per heavy atom. The minimum atomic E-state index is -0.263. The number of aromatic amines is 1. The van der Waals surface area contributed by atoms with Crippen LogP contribution in [0.4, 0.5) is 0 Å². The Labute approximate surface area is 109 Å². The van der Waals surface area contributed by atoms with Crippen molar-refractivity contribution >= 4 is 5.91 Å². The molecule has 7 heteroatoms. The molecule has 1 aromatic heterocycles. The lowest BCUT2D eigenvalue weighted by Gasteiger charge is -2.06. The number of nitriles is 1. The van der Waals surface area contributed by atoms with Crippen molar-refractivity contribution in [2.75, 3.05) is 6.61 Å². The number of hydrogen-bond donors (Lipinski definition) is 2. The average molecular weight is 257 g/mol. The maximum absolute atomic E-state index is 11.5. The van der Waals surface area contributed by atoms with Crippen LogP contribution in [-0.4, -0.2) is 27.7 Å². The van der Waals surface area contributed by atoms with Crippen molar-refractivity contribution in [2.45, 2.75) is 6.54 Å². The van der Waals surface area contributed by atoms with E-state index in [2.05, 4.69) is 20.5 Å². The van der Waals surface area contributed by atoms with Crippen molar-refractivity contribution in [3.05, 3.63) is 42.0 Å². The standard InChI is InChI=1S/C12H11N5O2/c13-5-9-1-3-10(4-2-9)19-7-12(18)14-6-11-15-8-16-17-11/h1-4,8H,6-7H2,(H,14,18)(H,15,16,17). The van der Waals surface area contributed by atoms with Crippen LogP contribution >= 0.6 is 0 Å². The molecule has 0 radical (unpaired) electrons. The second-order valence-corrected chi connectivity index (χ2v) is 3.63. The van der Waals surface area contributed by atoms with Gasteiger partial charge < -0.3 is 10.1 Å². The molecule has 2 aromatic rings. The predicted octanol–water partition coefficient (Wildman–Crippen LogP) is 0.372. The number of H-pyrrole nitrogens is 1. The number of hydrogen-bond acceptors (Lipinski definition) is 5. The van der Waals surface area contributed by atoms with E-state index in [0.29, 0.717) is 17.1 Å². The minimum Gasteiger partial charge on any atom is -0.484 e. The van der Waals surface area contributed by atoms with Crippen molar-refractivity contribution in [1.29, 1.82) is 5.26 Å². The van der Waals surface area contributed by atoms with Crippen LogP contribution in [-0.2, 0) is 11.3 Å². The van der Waals surface area contributed by atoms with E-state index >= 15 is 0 Å². The fourth-order valence-electron chi connectivity index (χ4n) is 1.32. The van der Waals surface area contributed by atoms with Crippen molar-refractivity contribution < 1.29 is 9.53 Å². The molecule has 0 saturated heterocycles. The zero-order chi connectivity index (χ0) is 13.5. The molecule has 19 heavy (non-hydrogen) atoms. The molecular weight excluding hydrogens is 246 g/mol. The maximum Gasteiger partial charge on any atom is 0.258 e. The number of aromatic nitrogens is 3. The minimum absolute atomic E-state index is 0.0972. The number of nitrogens with one attached hydrogen (secondary N) is 2. The Balaban J connectivity index is 1.75. The Kier molecular flexibility index (Phi) is 4.08. The van der Waals surface area contributed by atoms with Crippen LogP contribution in [0.2, 0.25) is 0 Å². The molecule has 0 aliphatic carbocycles. The van der Waals surface area contributed by atoms with Crippen LogP contribution in [0.3, 0.4) is 0 Å². The van der Waals surface area contributed by atoms with Gasteiger partial charge in [-0.05, 0) is 24.3 Å². The molecule has 96 valence electrons. The third kappa shape index (κ3) is 3.81. The fourth-order valence-corrected chi connectivity index (χ4v) is 1.32. The summed E-state index contributed by atoms with van der Waals surface area (Å²) >= 11 is 0. The highest BCUT2D eigenvalue weighted by Gasteiger charge is 2.04. The maximum atomic E-state index is 11.5. The number of ether oxygens (including phenoxy) is 1. The summed E-state index contributed by atoms with van der Waals surface area (Å²) in [5.41, 5.74) is 0.544. The third-order valence-corrected chi connectivity index (χ3v) is 2.27. The van der Waals surface area contributed by atoms with Crippen molar-refractivity contribution in [3.63, 3.8) is 0 Å². The quantitative estimate of drug-likeness (QED) is 0.805. The molecule has 0 fully saturated rings. The topological polar surface area (TPSA) is 104 Å². The van der Waals surface area contributed by atoms with Gasteiger partial charge >= 0.3 is 0 Å². The highest BCUT2D eigenvalue weighted by atomic mass is 16.5. The van der Waals surface area contributed by atoms with Gasteiger partial charge in [-0.2, -0.15) is 10.4 Å². The van der Waals surface area contributed by atoms with Crippen LogP contribution in [0.5, 0.6) is 5.75 Å². The Hall–Kier alpha value is -2.88. The zero-order valence-electron chi connectivity index (χ0n) is 9.96. The first kappa shape index (κ1) is 12.6. The smallest absolute Gasteiger partial charge is 0.258 e. The number of rotatable bonds is 5. The second kappa shape index (κ2) is 6.16. The average Bonchev–Trinajstić information content (AvgIpc) is 2.96. The van der Waals surface area contributed by atoms with E-state index in [9.17, 15) is 4.79 Å². The van der Waals surface area contributed by atoms with E-state index in [1.807, 2.05) is 6.07 Å². The number of carbonyl (C=O) groups excluding carboxylic acids is 1. The molecule has 1 heterocycles. The monoisotopic (exact) mass is 257 g/mol. The summed E-state index contributed by atoms with van der Waals surface area (Å²) < 4.78 is 5.27. The summed E-state index contributed by atoms with van der Waals surface area (Å²) in [5, 5.41) is 17.6. The number of amides is 1. The normalized spacial score (nSPS) is 9.63. The van der Waals surface area contributed by atoms with Gasteiger partial charge in [-0.15, -0.1) is 0 Å². The second-order valence-electron chi connectivity index (χ2n) is 3.63. The highest BCUT2D eigenvalue weighted by molar-refractivity contribution is 5.77. The Morgan fingerprint density at radius 1 is 1.42 bits per heavy atom. The molecule has 0 unspecified atom stereocenters. The summed E-state index contributed by atoms with van der Waals surface area (Å²) in [6, 6.07) is 8.54. The summed E-state index contributed by atoms with van der Waals surface area (Å²) in [5.74, 6) is 0.848. The highest BCUT2D eigenvalue weighted by Crippen LogP contribution is 2.11. The molecule has 0 aliphatic heterocycles. The first-order valence-electron chi connectivity index (χ1n) is 5.52. The fraction of sp³-hybridized carbons (Fsp3) is 0.167. The van der Waals surface area contributed by atoms with Gasteiger partial charge in [0.2, 0.25) is 0 Å². The lowest BCUT2D eigenvalue weighted by atomic mass is 10.2. The summed E-state index contributed by atoms with van der Waals surface area (Å²) in [6.45, 7) is 0.176. The molecule has 1 amide bonds. The van der Waals surface area contributed by atoms with E-state index in [1.165, 1.54) is 6.33 Å². The van der Waals surface area contributed by atoms with Gasteiger partial charge in [-0.3, -0.25) is 9.89 Å². The van der Waals surface area contributed by atoms with E-state index in [1.54, 1.807) is 24.3 Å². The van der Waals surface area contributed by atoms with Gasteiger partial charge in [0.1, 0.15) is 17.9 Å². The molecular formula is C12H11N5O2. The summed E-state index contributed by atoms with van der Waals surface area (Å²) in [4.78, 5) is 15.4. The lowest BCUT2D eigenvalue weighted by Crippen LogP contribution is -2.28. The van der Waals surface area contributed by atoms with Crippen LogP contribution in [0.25, 0.3) is 0 Å². The molecule has 7 nitrogen and oxygen atoms in total. The van der Waals surface area contributed by atoms with Gasteiger partial charge in [0.25, 0.3) is 5.91 Å². The molecule has 0 atom stereocenters. The molecule has 0 spiro atoms. The molecule has 1 aromatic carbocycles. The van der Waals surface area contributed by atoms with E-state index in [-0.39, 0.29) is 19.1 Å². The summed E-state index contributed by atoms with van der Waals surface area (Å²) in [6.07, 6.45) is 1.37. The zero-order valence-corrected chi connectivity index (χ0v) is 9.96. The molecule has 0 saturated carbocycles.